The molecule has 108 valence electrons. The lowest BCUT2D eigenvalue weighted by molar-refractivity contribution is -0.121. The lowest BCUT2D eigenvalue weighted by atomic mass is 10.3. The fourth-order valence-electron chi connectivity index (χ4n) is 1.94. The van der Waals surface area contributed by atoms with Crippen LogP contribution in [0.15, 0.2) is 17.8 Å². The molecule has 0 aromatic carbocycles. The molecule has 2 heterocycles. The summed E-state index contributed by atoms with van der Waals surface area (Å²) in [4.78, 5) is 20.5. The Labute approximate surface area is 123 Å². The normalized spacial score (nSPS) is 10.7. The van der Waals surface area contributed by atoms with Crippen molar-refractivity contribution in [3.05, 3.63) is 34.3 Å². The molecule has 0 aliphatic heterocycles. The Morgan fingerprint density at radius 2 is 2.25 bits per heavy atom. The molecule has 0 atom stereocenters. The molecule has 0 radical (unpaired) electrons. The van der Waals surface area contributed by atoms with E-state index in [4.69, 9.17) is 0 Å². The van der Waals surface area contributed by atoms with E-state index in [1.54, 1.807) is 17.5 Å². The largest absolute Gasteiger partial charge is 0.350 e. The molecule has 0 spiro atoms. The van der Waals surface area contributed by atoms with E-state index in [1.165, 1.54) is 0 Å². The summed E-state index contributed by atoms with van der Waals surface area (Å²) in [6, 6.07) is 0. The van der Waals surface area contributed by atoms with Gasteiger partial charge in [-0.3, -0.25) is 4.79 Å². The van der Waals surface area contributed by atoms with Gasteiger partial charge in [-0.25, -0.2) is 9.97 Å². The number of nitrogens with one attached hydrogen (secondary N) is 1. The third-order valence-corrected chi connectivity index (χ3v) is 3.99. The number of aromatic nitrogens is 3. The second-order valence-corrected chi connectivity index (χ2v) is 5.45. The highest BCUT2D eigenvalue weighted by Gasteiger charge is 2.06. The Balaban J connectivity index is 1.75. The molecular formula is C14H20N4OS. The molecule has 0 bridgehead atoms. The summed E-state index contributed by atoms with van der Waals surface area (Å²) in [6.45, 7) is 5.33. The standard InChI is InChI=1S/C14H20N4OS/c1-3-11-10-20-14(17-11)9-16-13(19)5-7-18-8-6-15-12(18)4-2/h6,8,10H,3-5,7,9H2,1-2H3,(H,16,19). The van der Waals surface area contributed by atoms with Crippen molar-refractivity contribution in [1.29, 1.82) is 0 Å². The number of carbonyl (C=O) groups is 1. The highest BCUT2D eigenvalue weighted by molar-refractivity contribution is 7.09. The van der Waals surface area contributed by atoms with E-state index in [0.29, 0.717) is 19.5 Å². The van der Waals surface area contributed by atoms with Crippen molar-refractivity contribution >= 4 is 17.2 Å². The van der Waals surface area contributed by atoms with Crippen LogP contribution in [0, 0.1) is 0 Å². The summed E-state index contributed by atoms with van der Waals surface area (Å²) >= 11 is 1.60. The van der Waals surface area contributed by atoms with E-state index in [9.17, 15) is 4.79 Å². The molecule has 2 rings (SSSR count). The van der Waals surface area contributed by atoms with Crippen LogP contribution in [0.2, 0.25) is 0 Å². The molecule has 0 fully saturated rings. The SMILES string of the molecule is CCc1csc(CNC(=O)CCn2ccnc2CC)n1. The van der Waals surface area contributed by atoms with E-state index < -0.39 is 0 Å². The molecule has 5 nitrogen and oxygen atoms in total. The topological polar surface area (TPSA) is 59.8 Å². The predicted molar refractivity (Wildman–Crippen MR) is 79.6 cm³/mol. The molecule has 0 saturated heterocycles. The fourth-order valence-corrected chi connectivity index (χ4v) is 2.75. The molecule has 1 amide bonds. The second kappa shape index (κ2) is 7.19. The van der Waals surface area contributed by atoms with Crippen LogP contribution in [0.4, 0.5) is 0 Å². The van der Waals surface area contributed by atoms with Crippen LogP contribution >= 0.6 is 11.3 Å². The third kappa shape index (κ3) is 3.90. The van der Waals surface area contributed by atoms with Gasteiger partial charge in [0.05, 0.1) is 12.2 Å². The monoisotopic (exact) mass is 292 g/mol. The van der Waals surface area contributed by atoms with E-state index in [0.717, 1.165) is 29.4 Å². The Hall–Kier alpha value is -1.69. The van der Waals surface area contributed by atoms with Crippen molar-refractivity contribution in [2.45, 2.75) is 46.2 Å². The predicted octanol–water partition coefficient (Wildman–Crippen LogP) is 2.17. The quantitative estimate of drug-likeness (QED) is 0.851. The fraction of sp³-hybridized carbons (Fsp3) is 0.500. The van der Waals surface area contributed by atoms with Gasteiger partial charge in [0, 0.05) is 37.2 Å². The summed E-state index contributed by atoms with van der Waals surface area (Å²) in [5.74, 6) is 1.07. The Kier molecular flexibility index (Phi) is 5.29. The Morgan fingerprint density at radius 1 is 1.40 bits per heavy atom. The van der Waals surface area contributed by atoms with Crippen LogP contribution in [0.3, 0.4) is 0 Å². The highest BCUT2D eigenvalue weighted by Crippen LogP contribution is 2.09. The molecule has 1 N–H and O–H groups in total. The summed E-state index contributed by atoms with van der Waals surface area (Å²) in [7, 11) is 0. The minimum absolute atomic E-state index is 0.0500. The van der Waals surface area contributed by atoms with Gasteiger partial charge in [0.2, 0.25) is 5.91 Å². The van der Waals surface area contributed by atoms with E-state index >= 15 is 0 Å². The molecule has 0 unspecified atom stereocenters. The Bertz CT molecular complexity index is 561. The van der Waals surface area contributed by atoms with Crippen molar-refractivity contribution in [2.24, 2.45) is 0 Å². The van der Waals surface area contributed by atoms with Crippen molar-refractivity contribution in [3.63, 3.8) is 0 Å². The van der Waals surface area contributed by atoms with Crippen molar-refractivity contribution in [1.82, 2.24) is 19.9 Å². The van der Waals surface area contributed by atoms with Gasteiger partial charge in [-0.05, 0) is 6.42 Å². The average molecular weight is 292 g/mol. The summed E-state index contributed by atoms with van der Waals surface area (Å²) in [5.41, 5.74) is 1.09. The van der Waals surface area contributed by atoms with Gasteiger partial charge in [-0.15, -0.1) is 11.3 Å². The zero-order valence-electron chi connectivity index (χ0n) is 11.9. The molecule has 2 aromatic heterocycles. The van der Waals surface area contributed by atoms with E-state index in [1.807, 2.05) is 16.1 Å². The summed E-state index contributed by atoms with van der Waals surface area (Å²) in [6.07, 6.45) is 5.98. The van der Waals surface area contributed by atoms with E-state index in [2.05, 4.69) is 29.1 Å². The van der Waals surface area contributed by atoms with E-state index in [-0.39, 0.29) is 5.91 Å². The van der Waals surface area contributed by atoms with Gasteiger partial charge in [0.15, 0.2) is 0 Å². The number of aryl methyl sites for hydroxylation is 3. The average Bonchev–Trinajstić information content (AvgIpc) is 3.11. The number of hydrogen-bond acceptors (Lipinski definition) is 4. The van der Waals surface area contributed by atoms with Gasteiger partial charge in [0.1, 0.15) is 10.8 Å². The number of carbonyl (C=O) groups excluding carboxylic acids is 1. The van der Waals surface area contributed by atoms with Crippen LogP contribution < -0.4 is 5.32 Å². The van der Waals surface area contributed by atoms with Gasteiger partial charge < -0.3 is 9.88 Å². The number of amides is 1. The zero-order valence-corrected chi connectivity index (χ0v) is 12.7. The first-order valence-electron chi connectivity index (χ1n) is 6.92. The van der Waals surface area contributed by atoms with Crippen LogP contribution in [-0.2, 0) is 30.7 Å². The number of thiazole rings is 1. The third-order valence-electron chi connectivity index (χ3n) is 3.10. The Morgan fingerprint density at radius 3 is 2.95 bits per heavy atom. The first-order valence-corrected chi connectivity index (χ1v) is 7.80. The summed E-state index contributed by atoms with van der Waals surface area (Å²) in [5, 5.41) is 5.92. The maximum absolute atomic E-state index is 11.8. The maximum Gasteiger partial charge on any atom is 0.222 e. The van der Waals surface area contributed by atoms with Crippen molar-refractivity contribution < 1.29 is 4.79 Å². The lowest BCUT2D eigenvalue weighted by Gasteiger charge is -2.06. The number of imidazole rings is 1. The molecule has 0 aliphatic rings. The summed E-state index contributed by atoms with van der Waals surface area (Å²) < 4.78 is 2.03. The van der Waals surface area contributed by atoms with Crippen LogP contribution in [0.5, 0.6) is 0 Å². The number of nitrogens with zero attached hydrogens (tertiary/aromatic N) is 3. The van der Waals surface area contributed by atoms with Gasteiger partial charge in [-0.1, -0.05) is 13.8 Å². The smallest absolute Gasteiger partial charge is 0.222 e. The molecule has 6 heteroatoms. The maximum atomic E-state index is 11.8. The number of hydrogen-bond donors (Lipinski definition) is 1. The minimum Gasteiger partial charge on any atom is -0.350 e. The van der Waals surface area contributed by atoms with Gasteiger partial charge >= 0.3 is 0 Å². The molecule has 2 aromatic rings. The van der Waals surface area contributed by atoms with Crippen LogP contribution in [-0.4, -0.2) is 20.4 Å². The van der Waals surface area contributed by atoms with Gasteiger partial charge in [-0.2, -0.15) is 0 Å². The first kappa shape index (κ1) is 14.7. The van der Waals surface area contributed by atoms with Crippen molar-refractivity contribution in [2.75, 3.05) is 0 Å². The number of rotatable bonds is 7. The van der Waals surface area contributed by atoms with Crippen molar-refractivity contribution in [3.8, 4) is 0 Å². The molecular weight excluding hydrogens is 272 g/mol. The molecule has 20 heavy (non-hydrogen) atoms. The minimum atomic E-state index is 0.0500. The van der Waals surface area contributed by atoms with Gasteiger partial charge in [0.25, 0.3) is 0 Å². The zero-order chi connectivity index (χ0) is 14.4. The first-order chi connectivity index (χ1) is 9.72. The molecule has 0 saturated carbocycles. The second-order valence-electron chi connectivity index (χ2n) is 4.50. The molecule has 0 aliphatic carbocycles. The van der Waals surface area contributed by atoms with Crippen LogP contribution in [0.1, 0.15) is 36.8 Å². The highest BCUT2D eigenvalue weighted by atomic mass is 32.1. The lowest BCUT2D eigenvalue weighted by Crippen LogP contribution is -2.24. The van der Waals surface area contributed by atoms with Crippen LogP contribution in [0.25, 0.3) is 0 Å².